The monoisotopic (exact) mass is 419 g/mol. The molecule has 29 heavy (non-hydrogen) atoms. The van der Waals surface area contributed by atoms with E-state index in [0.29, 0.717) is 39.3 Å². The third-order valence-electron chi connectivity index (χ3n) is 4.16. The molecule has 0 aliphatic carbocycles. The minimum Gasteiger partial charge on any atom is -0.480 e. The van der Waals surface area contributed by atoms with Crippen molar-refractivity contribution in [2.75, 3.05) is 58.9 Å². The molecule has 0 radical (unpaired) electrons. The second kappa shape index (κ2) is 19.6. The molecule has 0 aromatic heterocycles. The van der Waals surface area contributed by atoms with Gasteiger partial charge in [0.05, 0.1) is 19.6 Å². The summed E-state index contributed by atoms with van der Waals surface area (Å²) in [5.41, 5.74) is 0. The Morgan fingerprint density at radius 2 is 0.897 bits per heavy atom. The van der Waals surface area contributed by atoms with Gasteiger partial charge in [0.25, 0.3) is 0 Å². The van der Waals surface area contributed by atoms with E-state index in [1.165, 1.54) is 0 Å². The number of carbonyl (C=O) groups is 3. The Labute approximate surface area is 175 Å². The highest BCUT2D eigenvalue weighted by Gasteiger charge is 2.16. The van der Waals surface area contributed by atoms with E-state index in [2.05, 4.69) is 6.92 Å². The summed E-state index contributed by atoms with van der Waals surface area (Å²) in [7, 11) is 0. The van der Waals surface area contributed by atoms with Crippen LogP contribution < -0.4 is 0 Å². The number of hydrogen-bond acceptors (Lipinski definition) is 6. The van der Waals surface area contributed by atoms with Gasteiger partial charge in [0.15, 0.2) is 0 Å². The van der Waals surface area contributed by atoms with Crippen molar-refractivity contribution in [2.45, 2.75) is 53.4 Å². The first kappa shape index (κ1) is 29.5. The largest absolute Gasteiger partial charge is 0.480 e. The Morgan fingerprint density at radius 3 is 1.21 bits per heavy atom. The highest BCUT2D eigenvalue weighted by atomic mass is 16.4. The van der Waals surface area contributed by atoms with Gasteiger partial charge in [-0.25, -0.2) is 0 Å². The average molecular weight is 420 g/mol. The molecule has 0 aliphatic rings. The zero-order chi connectivity index (χ0) is 22.7. The molecule has 0 unspecified atom stereocenters. The van der Waals surface area contributed by atoms with Gasteiger partial charge >= 0.3 is 17.9 Å². The molecular formula is C20H41N3O6. The minimum atomic E-state index is -0.953. The lowest BCUT2D eigenvalue weighted by Crippen LogP contribution is -2.44. The van der Waals surface area contributed by atoms with Gasteiger partial charge in [-0.15, -0.1) is 0 Å². The van der Waals surface area contributed by atoms with Crippen LogP contribution >= 0.6 is 0 Å². The molecule has 0 aliphatic heterocycles. The number of hydrogen-bond donors (Lipinski definition) is 3. The van der Waals surface area contributed by atoms with Crippen LogP contribution in [0.5, 0.6) is 0 Å². The van der Waals surface area contributed by atoms with Gasteiger partial charge in [-0.1, -0.05) is 40.5 Å². The van der Waals surface area contributed by atoms with Crippen molar-refractivity contribution in [3.05, 3.63) is 0 Å². The lowest BCUT2D eigenvalue weighted by atomic mass is 10.2. The number of rotatable bonds is 18. The fourth-order valence-electron chi connectivity index (χ4n) is 2.85. The van der Waals surface area contributed by atoms with E-state index in [1.54, 1.807) is 9.80 Å². The normalized spacial score (nSPS) is 10.9. The van der Waals surface area contributed by atoms with E-state index in [1.807, 2.05) is 25.7 Å². The molecule has 3 N–H and O–H groups in total. The number of carboxylic acids is 3. The summed E-state index contributed by atoms with van der Waals surface area (Å²) in [4.78, 5) is 38.5. The topological polar surface area (TPSA) is 122 Å². The average Bonchev–Trinajstić information content (AvgIpc) is 2.64. The Morgan fingerprint density at radius 1 is 0.552 bits per heavy atom. The van der Waals surface area contributed by atoms with Crippen molar-refractivity contribution in [1.29, 1.82) is 0 Å². The zero-order valence-electron chi connectivity index (χ0n) is 18.6. The van der Waals surface area contributed by atoms with E-state index in [4.69, 9.17) is 15.3 Å². The molecule has 0 saturated carbocycles. The molecule has 0 atom stereocenters. The maximum atomic E-state index is 11.1. The summed E-state index contributed by atoms with van der Waals surface area (Å²) in [6.45, 7) is 10.8. The quantitative estimate of drug-likeness (QED) is 0.285. The van der Waals surface area contributed by atoms with Crippen LogP contribution in [0, 0.1) is 0 Å². The fraction of sp³-hybridized carbons (Fsp3) is 0.850. The predicted octanol–water partition coefficient (Wildman–Crippen LogP) is 1.77. The van der Waals surface area contributed by atoms with Gasteiger partial charge in [-0.3, -0.25) is 29.1 Å². The molecule has 0 fully saturated rings. The Balaban J connectivity index is 0. The van der Waals surface area contributed by atoms with Crippen molar-refractivity contribution in [3.63, 3.8) is 0 Å². The summed E-state index contributed by atoms with van der Waals surface area (Å²) in [6, 6.07) is 0. The predicted molar refractivity (Wildman–Crippen MR) is 113 cm³/mol. The first-order valence-corrected chi connectivity index (χ1v) is 10.6. The van der Waals surface area contributed by atoms with Crippen molar-refractivity contribution in [2.24, 2.45) is 0 Å². The summed E-state index contributed by atoms with van der Waals surface area (Å²) in [6.07, 6.45) is 3.79. The summed E-state index contributed by atoms with van der Waals surface area (Å²) < 4.78 is 0. The van der Waals surface area contributed by atoms with E-state index in [9.17, 15) is 14.4 Å². The number of carboxylic acid groups (broad SMARTS) is 3. The van der Waals surface area contributed by atoms with E-state index < -0.39 is 17.9 Å². The van der Waals surface area contributed by atoms with Crippen LogP contribution in [0.4, 0.5) is 0 Å². The van der Waals surface area contributed by atoms with E-state index >= 15 is 0 Å². The summed E-state index contributed by atoms with van der Waals surface area (Å²) >= 11 is 0. The summed E-state index contributed by atoms with van der Waals surface area (Å²) in [5.74, 6) is -2.75. The number of aliphatic carboxylic acids is 3. The van der Waals surface area contributed by atoms with Gasteiger partial charge in [0.2, 0.25) is 0 Å². The SMILES string of the molecule is CC.CCCCCN(CCN(CCN(CCC)CC(=O)O)CC(=O)O)CC(=O)O. The molecule has 9 heteroatoms. The van der Waals surface area contributed by atoms with Gasteiger partial charge in [-0.05, 0) is 25.9 Å². The summed E-state index contributed by atoms with van der Waals surface area (Å²) in [5, 5.41) is 27.2. The lowest BCUT2D eigenvalue weighted by Gasteiger charge is -2.28. The lowest BCUT2D eigenvalue weighted by molar-refractivity contribution is -0.140. The molecule has 0 saturated heterocycles. The standard InChI is InChI=1S/C18H35N3O6.C2H6/c1-3-5-6-8-20(14-17(24)25)10-12-21(15-18(26)27)11-9-19(7-4-2)13-16(22)23;1-2/h3-15H2,1-2H3,(H,22,23)(H,24,25)(H,26,27);1-2H3. The molecule has 0 heterocycles. The van der Waals surface area contributed by atoms with Crippen LogP contribution in [0.15, 0.2) is 0 Å². The van der Waals surface area contributed by atoms with Crippen LogP contribution in [0.25, 0.3) is 0 Å². The number of nitrogens with zero attached hydrogens (tertiary/aromatic N) is 3. The molecule has 0 spiro atoms. The molecular weight excluding hydrogens is 378 g/mol. The van der Waals surface area contributed by atoms with Gasteiger partial charge in [0, 0.05) is 26.2 Å². The van der Waals surface area contributed by atoms with Crippen molar-refractivity contribution < 1.29 is 29.7 Å². The highest BCUT2D eigenvalue weighted by Crippen LogP contribution is 2.01. The molecule has 0 amide bonds. The molecule has 0 bridgehead atoms. The van der Waals surface area contributed by atoms with Crippen LogP contribution in [-0.2, 0) is 14.4 Å². The van der Waals surface area contributed by atoms with Crippen molar-refractivity contribution in [1.82, 2.24) is 14.7 Å². The molecule has 0 rings (SSSR count). The fourth-order valence-corrected chi connectivity index (χ4v) is 2.85. The van der Waals surface area contributed by atoms with Crippen LogP contribution in [0.2, 0.25) is 0 Å². The van der Waals surface area contributed by atoms with Gasteiger partial charge < -0.3 is 15.3 Å². The first-order chi connectivity index (χ1) is 13.8. The Hall–Kier alpha value is -1.71. The van der Waals surface area contributed by atoms with Crippen molar-refractivity contribution >= 4 is 17.9 Å². The van der Waals surface area contributed by atoms with Gasteiger partial charge in [0.1, 0.15) is 0 Å². The molecule has 172 valence electrons. The van der Waals surface area contributed by atoms with Crippen LogP contribution in [0.3, 0.4) is 0 Å². The first-order valence-electron chi connectivity index (χ1n) is 10.6. The smallest absolute Gasteiger partial charge is 0.317 e. The molecule has 0 aromatic rings. The molecule has 0 aromatic carbocycles. The van der Waals surface area contributed by atoms with Gasteiger partial charge in [-0.2, -0.15) is 0 Å². The second-order valence-corrected chi connectivity index (χ2v) is 6.72. The molecule has 9 nitrogen and oxygen atoms in total. The maximum Gasteiger partial charge on any atom is 0.317 e. The van der Waals surface area contributed by atoms with E-state index in [0.717, 1.165) is 25.7 Å². The van der Waals surface area contributed by atoms with Crippen molar-refractivity contribution in [3.8, 4) is 0 Å². The highest BCUT2D eigenvalue weighted by molar-refractivity contribution is 5.69. The second-order valence-electron chi connectivity index (χ2n) is 6.72. The Kier molecular flexibility index (Phi) is 19.9. The minimum absolute atomic E-state index is 0.0639. The number of unbranched alkanes of at least 4 members (excludes halogenated alkanes) is 2. The van der Waals surface area contributed by atoms with Crippen LogP contribution in [0.1, 0.15) is 53.4 Å². The third kappa shape index (κ3) is 19.4. The van der Waals surface area contributed by atoms with E-state index in [-0.39, 0.29) is 19.6 Å². The van der Waals surface area contributed by atoms with Crippen LogP contribution in [-0.4, -0.2) is 107 Å². The zero-order valence-corrected chi connectivity index (χ0v) is 18.6. The third-order valence-corrected chi connectivity index (χ3v) is 4.16. The maximum absolute atomic E-state index is 11.1. The Bertz CT molecular complexity index is 448.